The fourth-order valence-electron chi connectivity index (χ4n) is 1.93. The first-order valence-electron chi connectivity index (χ1n) is 7.54. The van der Waals surface area contributed by atoms with Crippen LogP contribution >= 0.6 is 0 Å². The van der Waals surface area contributed by atoms with Gasteiger partial charge in [-0.15, -0.1) is 0 Å². The van der Waals surface area contributed by atoms with Crippen LogP contribution in [0.5, 0.6) is 0 Å². The Balaban J connectivity index is 4.26. The zero-order chi connectivity index (χ0) is 17.0. The quantitative estimate of drug-likeness (QED) is 0.595. The molecule has 0 radical (unpaired) electrons. The molecule has 0 aliphatic carbocycles. The molecule has 22 heavy (non-hydrogen) atoms. The van der Waals surface area contributed by atoms with Crippen LogP contribution < -0.4 is 5.32 Å². The molecule has 1 atom stereocenters. The molecule has 128 valence electrons. The monoisotopic (exact) mass is 318 g/mol. The number of hydrogen-bond acceptors (Lipinski definition) is 5. The minimum absolute atomic E-state index is 0.200. The lowest BCUT2D eigenvalue weighted by Crippen LogP contribution is -2.45. The normalized spacial score (nSPS) is 11.4. The highest BCUT2D eigenvalue weighted by atomic mass is 16.6. The summed E-state index contributed by atoms with van der Waals surface area (Å²) in [5.74, 6) is -1.06. The zero-order valence-corrected chi connectivity index (χ0v) is 13.5. The van der Waals surface area contributed by atoms with Gasteiger partial charge < -0.3 is 19.9 Å². The number of likely N-dealkylation sites (N-methyl/N-ethyl adjacent to an activating group) is 1. The van der Waals surface area contributed by atoms with Gasteiger partial charge in [0.25, 0.3) is 0 Å². The molecule has 0 aliphatic heterocycles. The lowest BCUT2D eigenvalue weighted by atomic mass is 10.1. The average molecular weight is 318 g/mol. The molecule has 0 aromatic rings. The van der Waals surface area contributed by atoms with E-state index in [4.69, 9.17) is 9.47 Å². The third kappa shape index (κ3) is 7.70. The summed E-state index contributed by atoms with van der Waals surface area (Å²) in [6, 6.07) is -0.924. The van der Waals surface area contributed by atoms with Gasteiger partial charge in [-0.2, -0.15) is 0 Å². The van der Waals surface area contributed by atoms with Gasteiger partial charge in [-0.05, 0) is 40.0 Å². The number of alkyl carbamates (subject to hydrolysis) is 1. The smallest absolute Gasteiger partial charge is 0.410 e. The number of carbonyl (C=O) groups excluding carboxylic acids is 2. The van der Waals surface area contributed by atoms with Crippen LogP contribution in [-0.4, -0.2) is 60.5 Å². The van der Waals surface area contributed by atoms with E-state index in [0.29, 0.717) is 32.4 Å². The molecule has 0 fully saturated rings. The van der Waals surface area contributed by atoms with Crippen LogP contribution in [0.2, 0.25) is 0 Å². The minimum atomic E-state index is -1.06. The van der Waals surface area contributed by atoms with Crippen LogP contribution in [0.15, 0.2) is 0 Å². The van der Waals surface area contributed by atoms with Crippen LogP contribution in [0.4, 0.5) is 9.59 Å². The highest BCUT2D eigenvalue weighted by Crippen LogP contribution is 2.11. The maximum Gasteiger partial charge on any atom is 0.410 e. The number of nitrogens with zero attached hydrogens (tertiary/aromatic N) is 1. The van der Waals surface area contributed by atoms with Crippen molar-refractivity contribution in [1.29, 1.82) is 0 Å². The van der Waals surface area contributed by atoms with Crippen LogP contribution in [0.3, 0.4) is 0 Å². The Morgan fingerprint density at radius 2 is 1.73 bits per heavy atom. The molecule has 0 saturated heterocycles. The summed E-state index contributed by atoms with van der Waals surface area (Å²) in [4.78, 5) is 35.3. The molecule has 0 aliphatic rings. The summed E-state index contributed by atoms with van der Waals surface area (Å²) < 4.78 is 9.57. The van der Waals surface area contributed by atoms with Crippen LogP contribution in [0, 0.1) is 0 Å². The number of hydrogen-bond donors (Lipinski definition) is 2. The Kier molecular flexibility index (Phi) is 10.6. The molecule has 0 bridgehead atoms. The van der Waals surface area contributed by atoms with Crippen molar-refractivity contribution < 1.29 is 29.0 Å². The summed E-state index contributed by atoms with van der Waals surface area (Å²) in [6.45, 7) is 6.25. The third-order valence-corrected chi connectivity index (χ3v) is 2.95. The summed E-state index contributed by atoms with van der Waals surface area (Å²) >= 11 is 0. The lowest BCUT2D eigenvalue weighted by Gasteiger charge is -2.26. The first-order valence-corrected chi connectivity index (χ1v) is 7.54. The van der Waals surface area contributed by atoms with Gasteiger partial charge >= 0.3 is 18.2 Å². The Morgan fingerprint density at radius 3 is 2.23 bits per heavy atom. The first-order chi connectivity index (χ1) is 10.5. The van der Waals surface area contributed by atoms with Gasteiger partial charge in [0.05, 0.1) is 13.2 Å². The Labute approximate surface area is 130 Å². The van der Waals surface area contributed by atoms with Gasteiger partial charge in [-0.25, -0.2) is 14.4 Å². The zero-order valence-electron chi connectivity index (χ0n) is 13.5. The number of ether oxygens (including phenoxy) is 2. The summed E-state index contributed by atoms with van der Waals surface area (Å²) in [5.41, 5.74) is 0. The molecule has 8 heteroatoms. The SMILES string of the molecule is CCOC(=O)NCCCC[C@@H](C(=O)O)N(CC)C(=O)OCC. The molecule has 2 N–H and O–H groups in total. The van der Waals surface area contributed by atoms with Crippen molar-refractivity contribution in [3.05, 3.63) is 0 Å². The number of nitrogens with one attached hydrogen (secondary N) is 1. The second-order valence-corrected chi connectivity index (χ2v) is 4.48. The number of carboxylic acids is 1. The van der Waals surface area contributed by atoms with E-state index >= 15 is 0 Å². The molecule has 8 nitrogen and oxygen atoms in total. The highest BCUT2D eigenvalue weighted by Gasteiger charge is 2.28. The van der Waals surface area contributed by atoms with E-state index in [2.05, 4.69) is 5.32 Å². The molecule has 0 unspecified atom stereocenters. The van der Waals surface area contributed by atoms with Gasteiger partial charge in [0.1, 0.15) is 6.04 Å². The number of aliphatic carboxylic acids is 1. The summed E-state index contributed by atoms with van der Waals surface area (Å²) in [5, 5.41) is 11.8. The first kappa shape index (κ1) is 20.0. The molecule has 2 amide bonds. The summed E-state index contributed by atoms with van der Waals surface area (Å²) in [6.07, 6.45) is 0.343. The van der Waals surface area contributed by atoms with Gasteiger partial charge in [-0.3, -0.25) is 4.90 Å². The van der Waals surface area contributed by atoms with Crippen LogP contribution in [0.1, 0.15) is 40.0 Å². The average Bonchev–Trinajstić information content (AvgIpc) is 2.46. The number of unbranched alkanes of at least 4 members (excludes halogenated alkanes) is 1. The second-order valence-electron chi connectivity index (χ2n) is 4.48. The van der Waals surface area contributed by atoms with Crippen molar-refractivity contribution in [2.24, 2.45) is 0 Å². The highest BCUT2D eigenvalue weighted by molar-refractivity contribution is 5.80. The van der Waals surface area contributed by atoms with Crippen molar-refractivity contribution >= 4 is 18.2 Å². The Hall–Kier alpha value is -1.99. The summed E-state index contributed by atoms with van der Waals surface area (Å²) in [7, 11) is 0. The van der Waals surface area contributed by atoms with Gasteiger partial charge in [0, 0.05) is 13.1 Å². The van der Waals surface area contributed by atoms with Crippen molar-refractivity contribution in [1.82, 2.24) is 10.2 Å². The van der Waals surface area contributed by atoms with Crippen molar-refractivity contribution in [3.8, 4) is 0 Å². The maximum absolute atomic E-state index is 11.7. The van der Waals surface area contributed by atoms with E-state index in [1.807, 2.05) is 0 Å². The van der Waals surface area contributed by atoms with Crippen LogP contribution in [-0.2, 0) is 14.3 Å². The topological polar surface area (TPSA) is 105 Å². The molecule has 0 heterocycles. The minimum Gasteiger partial charge on any atom is -0.480 e. The van der Waals surface area contributed by atoms with Crippen molar-refractivity contribution in [2.45, 2.75) is 46.1 Å². The van der Waals surface area contributed by atoms with Gasteiger partial charge in [0.15, 0.2) is 0 Å². The number of carboxylic acid groups (broad SMARTS) is 1. The Morgan fingerprint density at radius 1 is 1.09 bits per heavy atom. The van der Waals surface area contributed by atoms with Crippen LogP contribution in [0.25, 0.3) is 0 Å². The van der Waals surface area contributed by atoms with Gasteiger partial charge in [0.2, 0.25) is 0 Å². The molecule has 0 aromatic heterocycles. The van der Waals surface area contributed by atoms with E-state index in [1.165, 1.54) is 4.90 Å². The number of amides is 2. The molecular weight excluding hydrogens is 292 g/mol. The predicted molar refractivity (Wildman–Crippen MR) is 79.7 cm³/mol. The Bertz CT molecular complexity index is 361. The van der Waals surface area contributed by atoms with Crippen molar-refractivity contribution in [2.75, 3.05) is 26.3 Å². The fraction of sp³-hybridized carbons (Fsp3) is 0.786. The lowest BCUT2D eigenvalue weighted by molar-refractivity contribution is -0.143. The van der Waals surface area contributed by atoms with E-state index in [9.17, 15) is 19.5 Å². The van der Waals surface area contributed by atoms with Crippen molar-refractivity contribution in [3.63, 3.8) is 0 Å². The molecule has 0 rings (SSSR count). The molecule has 0 saturated carbocycles. The van der Waals surface area contributed by atoms with E-state index < -0.39 is 24.2 Å². The van der Waals surface area contributed by atoms with E-state index in [0.717, 1.165) is 0 Å². The molecule has 0 spiro atoms. The maximum atomic E-state index is 11.7. The fourth-order valence-corrected chi connectivity index (χ4v) is 1.93. The molecule has 0 aromatic carbocycles. The van der Waals surface area contributed by atoms with E-state index in [1.54, 1.807) is 20.8 Å². The third-order valence-electron chi connectivity index (χ3n) is 2.95. The predicted octanol–water partition coefficient (Wildman–Crippen LogP) is 1.83. The number of rotatable bonds is 10. The standard InChI is InChI=1S/C14H26N2O6/c1-4-16(14(20)22-6-3)11(12(17)18)9-7-8-10-15-13(19)21-5-2/h11H,4-10H2,1-3H3,(H,15,19)(H,17,18)/t11-/m0/s1. The van der Waals surface area contributed by atoms with Gasteiger partial charge in [-0.1, -0.05) is 0 Å². The second kappa shape index (κ2) is 11.6. The van der Waals surface area contributed by atoms with E-state index in [-0.39, 0.29) is 13.2 Å². The molecular formula is C14H26N2O6. The largest absolute Gasteiger partial charge is 0.480 e. The number of carbonyl (C=O) groups is 3.